The highest BCUT2D eigenvalue weighted by molar-refractivity contribution is 5.45. The Hall–Kier alpha value is -0.530. The molecule has 1 atom stereocenters. The zero-order chi connectivity index (χ0) is 8.81. The van der Waals surface area contributed by atoms with Gasteiger partial charge in [-0.1, -0.05) is 39.0 Å². The van der Waals surface area contributed by atoms with Crippen LogP contribution < -0.4 is 5.32 Å². The van der Waals surface area contributed by atoms with E-state index in [4.69, 9.17) is 0 Å². The van der Waals surface area contributed by atoms with E-state index in [1.165, 1.54) is 32.1 Å². The Labute approximate surface area is 74.7 Å². The van der Waals surface area contributed by atoms with E-state index in [-0.39, 0.29) is 0 Å². The predicted octanol–water partition coefficient (Wildman–Crippen LogP) is 1.95. The standard InChI is InChI=1S/C10H19NO/c1-2-9(7-11-8-12)10-5-3-4-6-10/h8-10H,2-7H2,1H3,(H,11,12). The van der Waals surface area contributed by atoms with Crippen LogP contribution in [0.15, 0.2) is 0 Å². The zero-order valence-electron chi connectivity index (χ0n) is 7.88. The summed E-state index contributed by atoms with van der Waals surface area (Å²) in [4.78, 5) is 10.1. The van der Waals surface area contributed by atoms with Gasteiger partial charge < -0.3 is 5.32 Å². The maximum absolute atomic E-state index is 10.1. The van der Waals surface area contributed by atoms with E-state index < -0.39 is 0 Å². The number of amides is 1. The molecule has 0 saturated heterocycles. The Bertz CT molecular complexity index is 130. The maximum atomic E-state index is 10.1. The van der Waals surface area contributed by atoms with Crippen LogP contribution in [0.3, 0.4) is 0 Å². The van der Waals surface area contributed by atoms with Crippen LogP contribution in [-0.4, -0.2) is 13.0 Å². The summed E-state index contributed by atoms with van der Waals surface area (Å²) in [6.07, 6.45) is 7.55. The molecular formula is C10H19NO. The molecule has 0 aromatic heterocycles. The summed E-state index contributed by atoms with van der Waals surface area (Å²) in [6.45, 7) is 3.10. The van der Waals surface area contributed by atoms with E-state index in [1.54, 1.807) is 0 Å². The van der Waals surface area contributed by atoms with Crippen molar-refractivity contribution in [2.24, 2.45) is 11.8 Å². The molecule has 1 fully saturated rings. The molecule has 2 heteroatoms. The Morgan fingerprint density at radius 1 is 1.50 bits per heavy atom. The van der Waals surface area contributed by atoms with Crippen molar-refractivity contribution in [3.8, 4) is 0 Å². The van der Waals surface area contributed by atoms with Crippen LogP contribution in [0.1, 0.15) is 39.0 Å². The molecule has 0 aromatic carbocycles. The third-order valence-corrected chi connectivity index (χ3v) is 3.05. The third-order valence-electron chi connectivity index (χ3n) is 3.05. The summed E-state index contributed by atoms with van der Waals surface area (Å²) in [5.41, 5.74) is 0. The SMILES string of the molecule is CCC(CNC=O)C1CCCC1. The lowest BCUT2D eigenvalue weighted by Crippen LogP contribution is -2.25. The highest BCUT2D eigenvalue weighted by atomic mass is 16.1. The largest absolute Gasteiger partial charge is 0.358 e. The maximum Gasteiger partial charge on any atom is 0.207 e. The molecule has 1 amide bonds. The van der Waals surface area contributed by atoms with Crippen LogP contribution in [0.25, 0.3) is 0 Å². The lowest BCUT2D eigenvalue weighted by Gasteiger charge is -2.20. The van der Waals surface area contributed by atoms with E-state index in [1.807, 2.05) is 0 Å². The van der Waals surface area contributed by atoms with Gasteiger partial charge in [-0.2, -0.15) is 0 Å². The second-order valence-corrected chi connectivity index (χ2v) is 3.74. The molecule has 0 aliphatic heterocycles. The fraction of sp³-hybridized carbons (Fsp3) is 0.900. The molecule has 2 nitrogen and oxygen atoms in total. The topological polar surface area (TPSA) is 29.1 Å². The monoisotopic (exact) mass is 169 g/mol. The van der Waals surface area contributed by atoms with E-state index in [0.29, 0.717) is 0 Å². The fourth-order valence-corrected chi connectivity index (χ4v) is 2.27. The molecular weight excluding hydrogens is 150 g/mol. The normalized spacial score (nSPS) is 20.8. The number of carbonyl (C=O) groups is 1. The minimum Gasteiger partial charge on any atom is -0.358 e. The Morgan fingerprint density at radius 3 is 2.67 bits per heavy atom. The number of rotatable bonds is 5. The van der Waals surface area contributed by atoms with Gasteiger partial charge >= 0.3 is 0 Å². The van der Waals surface area contributed by atoms with Crippen molar-refractivity contribution in [3.63, 3.8) is 0 Å². The van der Waals surface area contributed by atoms with Crippen LogP contribution in [-0.2, 0) is 4.79 Å². The van der Waals surface area contributed by atoms with Crippen LogP contribution in [0, 0.1) is 11.8 Å². The number of hydrogen-bond acceptors (Lipinski definition) is 1. The van der Waals surface area contributed by atoms with Crippen LogP contribution >= 0.6 is 0 Å². The number of hydrogen-bond donors (Lipinski definition) is 1. The quantitative estimate of drug-likeness (QED) is 0.626. The molecule has 0 aromatic rings. The van der Waals surface area contributed by atoms with Crippen LogP contribution in [0.2, 0.25) is 0 Å². The Morgan fingerprint density at radius 2 is 2.17 bits per heavy atom. The first-order valence-corrected chi connectivity index (χ1v) is 5.05. The van der Waals surface area contributed by atoms with Gasteiger partial charge in [-0.15, -0.1) is 0 Å². The van der Waals surface area contributed by atoms with E-state index in [2.05, 4.69) is 12.2 Å². The van der Waals surface area contributed by atoms with E-state index in [0.717, 1.165) is 24.8 Å². The first kappa shape index (κ1) is 9.56. The van der Waals surface area contributed by atoms with Gasteiger partial charge in [-0.25, -0.2) is 0 Å². The average molecular weight is 169 g/mol. The summed E-state index contributed by atoms with van der Waals surface area (Å²) >= 11 is 0. The molecule has 0 radical (unpaired) electrons. The van der Waals surface area contributed by atoms with Gasteiger partial charge in [0, 0.05) is 6.54 Å². The first-order chi connectivity index (χ1) is 5.88. The molecule has 70 valence electrons. The molecule has 1 N–H and O–H groups in total. The molecule has 0 bridgehead atoms. The lowest BCUT2D eigenvalue weighted by atomic mass is 9.89. The van der Waals surface area contributed by atoms with Crippen LogP contribution in [0.4, 0.5) is 0 Å². The second-order valence-electron chi connectivity index (χ2n) is 3.74. The van der Waals surface area contributed by atoms with Gasteiger partial charge in [0.05, 0.1) is 0 Å². The summed E-state index contributed by atoms with van der Waals surface area (Å²) in [5.74, 6) is 1.60. The average Bonchev–Trinajstić information content (AvgIpc) is 2.59. The van der Waals surface area contributed by atoms with Gasteiger partial charge in [-0.3, -0.25) is 4.79 Å². The molecule has 1 unspecified atom stereocenters. The van der Waals surface area contributed by atoms with Crippen LogP contribution in [0.5, 0.6) is 0 Å². The van der Waals surface area contributed by atoms with Gasteiger partial charge in [0.15, 0.2) is 0 Å². The molecule has 1 rings (SSSR count). The number of nitrogens with one attached hydrogen (secondary N) is 1. The minimum atomic E-state index is 0.720. The smallest absolute Gasteiger partial charge is 0.207 e. The zero-order valence-corrected chi connectivity index (χ0v) is 7.88. The van der Waals surface area contributed by atoms with Crippen molar-refractivity contribution in [3.05, 3.63) is 0 Å². The van der Waals surface area contributed by atoms with E-state index in [9.17, 15) is 4.79 Å². The van der Waals surface area contributed by atoms with Crippen molar-refractivity contribution in [1.29, 1.82) is 0 Å². The van der Waals surface area contributed by atoms with Crippen molar-refractivity contribution >= 4 is 6.41 Å². The minimum absolute atomic E-state index is 0.720. The summed E-state index contributed by atoms with van der Waals surface area (Å²) < 4.78 is 0. The van der Waals surface area contributed by atoms with Gasteiger partial charge in [-0.05, 0) is 11.8 Å². The molecule has 0 spiro atoms. The van der Waals surface area contributed by atoms with E-state index >= 15 is 0 Å². The summed E-state index contributed by atoms with van der Waals surface area (Å²) in [5, 5.41) is 2.80. The number of carbonyl (C=O) groups excluding carboxylic acids is 1. The van der Waals surface area contributed by atoms with Gasteiger partial charge in [0.1, 0.15) is 0 Å². The molecule has 1 saturated carbocycles. The second kappa shape index (κ2) is 5.18. The third kappa shape index (κ3) is 2.50. The van der Waals surface area contributed by atoms with Gasteiger partial charge in [0.25, 0.3) is 0 Å². The molecule has 1 aliphatic rings. The molecule has 0 heterocycles. The first-order valence-electron chi connectivity index (χ1n) is 5.05. The molecule has 12 heavy (non-hydrogen) atoms. The highest BCUT2D eigenvalue weighted by Crippen LogP contribution is 2.32. The van der Waals surface area contributed by atoms with Crippen molar-refractivity contribution in [2.75, 3.05) is 6.54 Å². The van der Waals surface area contributed by atoms with Crippen molar-refractivity contribution in [2.45, 2.75) is 39.0 Å². The van der Waals surface area contributed by atoms with Crippen molar-refractivity contribution in [1.82, 2.24) is 5.32 Å². The lowest BCUT2D eigenvalue weighted by molar-refractivity contribution is -0.109. The fourth-order valence-electron chi connectivity index (χ4n) is 2.27. The van der Waals surface area contributed by atoms with Crippen molar-refractivity contribution < 1.29 is 4.79 Å². The summed E-state index contributed by atoms with van der Waals surface area (Å²) in [7, 11) is 0. The summed E-state index contributed by atoms with van der Waals surface area (Å²) in [6, 6.07) is 0. The predicted molar refractivity (Wildman–Crippen MR) is 49.8 cm³/mol. The molecule has 1 aliphatic carbocycles. The highest BCUT2D eigenvalue weighted by Gasteiger charge is 2.22. The van der Waals surface area contributed by atoms with Gasteiger partial charge in [0.2, 0.25) is 6.41 Å². The Balaban J connectivity index is 2.27. The Kier molecular flexibility index (Phi) is 4.12.